The Hall–Kier alpha value is -3.14. The van der Waals surface area contributed by atoms with Gasteiger partial charge in [0.15, 0.2) is 11.5 Å². The highest BCUT2D eigenvalue weighted by Gasteiger charge is 2.45. The zero-order valence-corrected chi connectivity index (χ0v) is 17.6. The van der Waals surface area contributed by atoms with Crippen molar-refractivity contribution in [2.45, 2.75) is 26.2 Å². The summed E-state index contributed by atoms with van der Waals surface area (Å²) in [4.78, 5) is 14.9. The number of carbonyl (C=O) groups is 1. The highest BCUT2D eigenvalue weighted by molar-refractivity contribution is 6.40. The summed E-state index contributed by atoms with van der Waals surface area (Å²) < 4.78 is 2.20. The Labute approximate surface area is 172 Å². The second-order valence-electron chi connectivity index (χ2n) is 8.30. The topological polar surface area (TPSA) is 46.4 Å². The molecule has 2 aliphatic rings. The van der Waals surface area contributed by atoms with Crippen LogP contribution in [0.15, 0.2) is 65.9 Å². The zero-order chi connectivity index (χ0) is 20.9. The van der Waals surface area contributed by atoms with Crippen molar-refractivity contribution in [2.24, 2.45) is 0 Å². The van der Waals surface area contributed by atoms with Crippen LogP contribution in [0.5, 0.6) is 0 Å². The van der Waals surface area contributed by atoms with Crippen LogP contribution in [-0.2, 0) is 10.2 Å². The van der Waals surface area contributed by atoms with E-state index < -0.39 is 0 Å². The van der Waals surface area contributed by atoms with E-state index >= 15 is 0 Å². The predicted molar refractivity (Wildman–Crippen MR) is 116 cm³/mol. The average molecular weight is 386 g/mol. The normalized spacial score (nSPS) is 18.9. The summed E-state index contributed by atoms with van der Waals surface area (Å²) in [6.45, 7) is 7.16. The molecule has 0 radical (unpaired) electrons. The number of carbonyl (C=O) groups excluding carboxylic acids is 1. The molecule has 0 unspecified atom stereocenters. The minimum absolute atomic E-state index is 0.164. The molecular formula is C25H26N2O2. The van der Waals surface area contributed by atoms with Gasteiger partial charge in [0.05, 0.1) is 5.41 Å². The monoisotopic (exact) mass is 386 g/mol. The molecule has 0 aromatic heterocycles. The number of hydrogen-bond donors (Lipinski definition) is 0. The maximum absolute atomic E-state index is 12.9. The Bertz CT molecular complexity index is 1100. The Morgan fingerprint density at radius 2 is 1.72 bits per heavy atom. The number of para-hydroxylation sites is 1. The van der Waals surface area contributed by atoms with E-state index in [0.29, 0.717) is 11.1 Å². The third kappa shape index (κ3) is 2.82. The third-order valence-electron chi connectivity index (χ3n) is 6.01. The zero-order valence-electron chi connectivity index (χ0n) is 17.6. The number of nitrogens with zero attached hydrogens (tertiary/aromatic N) is 2. The van der Waals surface area contributed by atoms with Crippen molar-refractivity contribution >= 4 is 28.4 Å². The van der Waals surface area contributed by atoms with Gasteiger partial charge in [-0.3, -0.25) is 4.79 Å². The van der Waals surface area contributed by atoms with Crippen molar-refractivity contribution in [3.05, 3.63) is 77.1 Å². The van der Waals surface area contributed by atoms with Crippen LogP contribution >= 0.6 is 0 Å². The van der Waals surface area contributed by atoms with E-state index in [1.54, 1.807) is 0 Å². The number of rotatable bonds is 4. The first-order chi connectivity index (χ1) is 13.8. The molecule has 4 heteroatoms. The van der Waals surface area contributed by atoms with E-state index in [0.717, 1.165) is 23.6 Å². The summed E-state index contributed by atoms with van der Waals surface area (Å²) in [5.41, 5.74) is 5.40. The van der Waals surface area contributed by atoms with E-state index in [1.165, 1.54) is 5.56 Å². The molecule has 0 saturated heterocycles. The molecule has 0 N–H and O–H groups in total. The lowest BCUT2D eigenvalue weighted by Crippen LogP contribution is -2.33. The number of Topliss-reactive ketones (excluding diaryl/α,β-unsaturated/α-hetero) is 1. The molecular weight excluding hydrogens is 360 g/mol. The maximum atomic E-state index is 12.9. The summed E-state index contributed by atoms with van der Waals surface area (Å²) in [5.74, 6) is -0.328. The first-order valence-electron chi connectivity index (χ1n) is 9.97. The Morgan fingerprint density at radius 1 is 1.07 bits per heavy atom. The third-order valence-corrected chi connectivity index (χ3v) is 6.01. The summed E-state index contributed by atoms with van der Waals surface area (Å²) in [6, 6.07) is 15.8. The van der Waals surface area contributed by atoms with Gasteiger partial charge in [-0.1, -0.05) is 36.1 Å². The SMILES string of the molecule is CC[N+]1=C(C=C2C(=O)C(c3ccc(N(C)C)cc3)=C2[O-])C(C)(C)c2ccccc21. The molecule has 1 heterocycles. The molecule has 4 nitrogen and oxygen atoms in total. The van der Waals surface area contributed by atoms with Gasteiger partial charge in [0.2, 0.25) is 5.69 Å². The van der Waals surface area contributed by atoms with Gasteiger partial charge in [-0.05, 0) is 38.5 Å². The molecule has 2 aromatic carbocycles. The van der Waals surface area contributed by atoms with E-state index in [4.69, 9.17) is 0 Å². The number of fused-ring (bicyclic) bond motifs is 1. The van der Waals surface area contributed by atoms with Crippen LogP contribution in [0.2, 0.25) is 0 Å². The maximum Gasteiger partial charge on any atom is 0.209 e. The molecule has 0 saturated carbocycles. The van der Waals surface area contributed by atoms with Crippen molar-refractivity contribution < 1.29 is 14.5 Å². The second-order valence-corrected chi connectivity index (χ2v) is 8.30. The van der Waals surface area contributed by atoms with Crippen molar-refractivity contribution in [1.82, 2.24) is 0 Å². The number of benzene rings is 2. The minimum atomic E-state index is -0.261. The average Bonchev–Trinajstić information content (AvgIpc) is 2.93. The minimum Gasteiger partial charge on any atom is -0.871 e. The van der Waals surface area contributed by atoms with E-state index in [1.807, 2.05) is 61.5 Å². The largest absolute Gasteiger partial charge is 0.871 e. The van der Waals surface area contributed by atoms with E-state index in [-0.39, 0.29) is 22.5 Å². The van der Waals surface area contributed by atoms with Crippen LogP contribution in [-0.4, -0.2) is 36.7 Å². The van der Waals surface area contributed by atoms with Gasteiger partial charge in [0.1, 0.15) is 6.54 Å². The quantitative estimate of drug-likeness (QED) is 0.597. The van der Waals surface area contributed by atoms with Crippen LogP contribution in [0.4, 0.5) is 11.4 Å². The highest BCUT2D eigenvalue weighted by atomic mass is 16.3. The first-order valence-corrected chi connectivity index (χ1v) is 9.97. The number of hydrogen-bond acceptors (Lipinski definition) is 3. The molecule has 0 amide bonds. The molecule has 29 heavy (non-hydrogen) atoms. The van der Waals surface area contributed by atoms with E-state index in [9.17, 15) is 9.90 Å². The second kappa shape index (κ2) is 6.73. The smallest absolute Gasteiger partial charge is 0.209 e. The number of ketones is 1. The predicted octanol–water partition coefficient (Wildman–Crippen LogP) is 3.43. The van der Waals surface area contributed by atoms with Gasteiger partial charge in [-0.15, -0.1) is 0 Å². The lowest BCUT2D eigenvalue weighted by atomic mass is 9.77. The van der Waals surface area contributed by atoms with Crippen molar-refractivity contribution in [1.29, 1.82) is 0 Å². The molecule has 1 aliphatic heterocycles. The standard InChI is InChI=1S/C25H26N2O2/c1-6-27-20-10-8-7-9-19(20)25(2,3)21(27)15-18-23(28)22(24(18)29)16-11-13-17(14-12-16)26(4)5/h7-15H,6H2,1-5H3. The van der Waals surface area contributed by atoms with Crippen LogP contribution in [0.1, 0.15) is 31.9 Å². The molecule has 0 bridgehead atoms. The fraction of sp³-hybridized carbons (Fsp3) is 0.280. The molecule has 2 aromatic rings. The summed E-state index contributed by atoms with van der Waals surface area (Å²) in [7, 11) is 3.92. The van der Waals surface area contributed by atoms with Crippen molar-refractivity contribution in [3.8, 4) is 0 Å². The lowest BCUT2D eigenvalue weighted by Gasteiger charge is -2.31. The molecule has 4 rings (SSSR count). The van der Waals surface area contributed by atoms with E-state index in [2.05, 4.69) is 37.5 Å². The Morgan fingerprint density at radius 3 is 2.31 bits per heavy atom. The molecule has 0 atom stereocenters. The van der Waals surface area contributed by atoms with Crippen LogP contribution in [0, 0.1) is 0 Å². The Kier molecular flexibility index (Phi) is 4.45. The van der Waals surface area contributed by atoms with Gasteiger partial charge in [0.25, 0.3) is 0 Å². The molecule has 1 aliphatic carbocycles. The molecule has 0 spiro atoms. The summed E-state index contributed by atoms with van der Waals surface area (Å²) in [5, 5.41) is 12.9. The van der Waals surface area contributed by atoms with Gasteiger partial charge < -0.3 is 10.0 Å². The van der Waals surface area contributed by atoms with Gasteiger partial charge >= 0.3 is 0 Å². The number of allylic oxidation sites excluding steroid dienone is 3. The fourth-order valence-corrected chi connectivity index (χ4v) is 4.31. The van der Waals surface area contributed by atoms with Crippen molar-refractivity contribution in [3.63, 3.8) is 0 Å². The lowest BCUT2D eigenvalue weighted by molar-refractivity contribution is -0.433. The highest BCUT2D eigenvalue weighted by Crippen LogP contribution is 2.42. The van der Waals surface area contributed by atoms with Gasteiger partial charge in [-0.2, -0.15) is 4.58 Å². The summed E-state index contributed by atoms with van der Waals surface area (Å²) in [6.07, 6.45) is 1.81. The fourth-order valence-electron chi connectivity index (χ4n) is 4.31. The first kappa shape index (κ1) is 19.2. The Balaban J connectivity index is 1.76. The van der Waals surface area contributed by atoms with Crippen LogP contribution in [0.3, 0.4) is 0 Å². The van der Waals surface area contributed by atoms with Gasteiger partial charge in [0, 0.05) is 48.6 Å². The summed E-state index contributed by atoms with van der Waals surface area (Å²) >= 11 is 0. The van der Waals surface area contributed by atoms with Crippen molar-refractivity contribution in [2.75, 3.05) is 25.5 Å². The molecule has 0 fully saturated rings. The number of anilines is 1. The van der Waals surface area contributed by atoms with Gasteiger partial charge in [-0.25, -0.2) is 0 Å². The van der Waals surface area contributed by atoms with Crippen LogP contribution < -0.4 is 10.0 Å². The molecule has 148 valence electrons. The van der Waals surface area contributed by atoms with Crippen LogP contribution in [0.25, 0.3) is 5.57 Å².